The number of aromatic nitrogens is 2. The maximum absolute atomic E-state index is 12.4. The highest BCUT2D eigenvalue weighted by molar-refractivity contribution is 7.10. The van der Waals surface area contributed by atoms with E-state index in [9.17, 15) is 9.59 Å². The number of piperidine rings is 1. The van der Waals surface area contributed by atoms with E-state index in [1.165, 1.54) is 6.92 Å². The second-order valence-electron chi connectivity index (χ2n) is 6.21. The Kier molecular flexibility index (Phi) is 5.75. The second kappa shape index (κ2) is 8.20. The van der Waals surface area contributed by atoms with E-state index in [0.29, 0.717) is 13.0 Å². The highest BCUT2D eigenvalue weighted by Gasteiger charge is 2.26. The number of hydrogen-bond acceptors (Lipinski definition) is 5. The van der Waals surface area contributed by atoms with Gasteiger partial charge in [-0.15, -0.1) is 11.3 Å². The molecule has 0 atom stereocenters. The van der Waals surface area contributed by atoms with Gasteiger partial charge < -0.3 is 10.2 Å². The summed E-state index contributed by atoms with van der Waals surface area (Å²) in [5.41, 5.74) is 1.77. The standard InChI is InChI=1S/C18H22N4O2S/c1-13(23)21-12-16-18(20-7-6-19-16)14-4-8-22(9-5-14)17(24)11-15-3-2-10-25-15/h2-3,6-7,10,14H,4-5,8-9,11-12H2,1H3,(H,21,23). The topological polar surface area (TPSA) is 75.2 Å². The van der Waals surface area contributed by atoms with Gasteiger partial charge in [0.05, 0.1) is 24.4 Å². The molecular weight excluding hydrogens is 336 g/mol. The monoisotopic (exact) mass is 358 g/mol. The molecule has 25 heavy (non-hydrogen) atoms. The van der Waals surface area contributed by atoms with Crippen molar-refractivity contribution in [2.24, 2.45) is 0 Å². The second-order valence-corrected chi connectivity index (χ2v) is 7.24. The summed E-state index contributed by atoms with van der Waals surface area (Å²) in [5.74, 6) is 0.396. The van der Waals surface area contributed by atoms with E-state index in [4.69, 9.17) is 0 Å². The minimum Gasteiger partial charge on any atom is -0.351 e. The first-order valence-corrected chi connectivity index (χ1v) is 9.36. The van der Waals surface area contributed by atoms with E-state index >= 15 is 0 Å². The Morgan fingerprint density at radius 1 is 1.28 bits per heavy atom. The van der Waals surface area contributed by atoms with Gasteiger partial charge in [-0.25, -0.2) is 0 Å². The molecule has 1 fully saturated rings. The fourth-order valence-electron chi connectivity index (χ4n) is 3.14. The number of hydrogen-bond donors (Lipinski definition) is 1. The third kappa shape index (κ3) is 4.63. The largest absolute Gasteiger partial charge is 0.351 e. The van der Waals surface area contributed by atoms with Crippen LogP contribution in [0, 0.1) is 0 Å². The smallest absolute Gasteiger partial charge is 0.227 e. The summed E-state index contributed by atoms with van der Waals surface area (Å²) in [4.78, 5) is 35.5. The van der Waals surface area contributed by atoms with Crippen molar-refractivity contribution in [2.45, 2.75) is 38.6 Å². The third-order valence-electron chi connectivity index (χ3n) is 4.45. The van der Waals surface area contributed by atoms with E-state index in [0.717, 1.165) is 42.2 Å². The average Bonchev–Trinajstić information content (AvgIpc) is 3.13. The normalized spacial score (nSPS) is 15.2. The number of carbonyl (C=O) groups excluding carboxylic acids is 2. The first-order valence-electron chi connectivity index (χ1n) is 8.48. The molecule has 2 aromatic heterocycles. The van der Waals surface area contributed by atoms with Crippen molar-refractivity contribution in [1.82, 2.24) is 20.2 Å². The Labute approximate surface area is 151 Å². The molecule has 0 spiro atoms. The zero-order valence-electron chi connectivity index (χ0n) is 14.3. The van der Waals surface area contributed by atoms with Crippen LogP contribution in [0.1, 0.15) is 41.9 Å². The van der Waals surface area contributed by atoms with Crippen LogP contribution >= 0.6 is 11.3 Å². The summed E-state index contributed by atoms with van der Waals surface area (Å²) in [6, 6.07) is 3.98. The van der Waals surface area contributed by atoms with Gasteiger partial charge >= 0.3 is 0 Å². The Morgan fingerprint density at radius 2 is 2.04 bits per heavy atom. The van der Waals surface area contributed by atoms with Crippen LogP contribution in [0.4, 0.5) is 0 Å². The SMILES string of the molecule is CC(=O)NCc1nccnc1C1CCN(C(=O)Cc2cccs2)CC1. The Morgan fingerprint density at radius 3 is 2.72 bits per heavy atom. The summed E-state index contributed by atoms with van der Waals surface area (Å²) in [6.07, 6.45) is 5.59. The molecule has 3 rings (SSSR count). The fourth-order valence-corrected chi connectivity index (χ4v) is 3.84. The lowest BCUT2D eigenvalue weighted by atomic mass is 9.91. The van der Waals surface area contributed by atoms with E-state index < -0.39 is 0 Å². The van der Waals surface area contributed by atoms with Gasteiger partial charge in [0.2, 0.25) is 11.8 Å². The predicted molar refractivity (Wildman–Crippen MR) is 96.1 cm³/mol. The van der Waals surface area contributed by atoms with Gasteiger partial charge in [-0.05, 0) is 24.3 Å². The van der Waals surface area contributed by atoms with Gasteiger partial charge in [0.15, 0.2) is 0 Å². The molecule has 1 N–H and O–H groups in total. The van der Waals surface area contributed by atoms with E-state index in [-0.39, 0.29) is 17.7 Å². The average molecular weight is 358 g/mol. The number of likely N-dealkylation sites (tertiary alicyclic amines) is 1. The van der Waals surface area contributed by atoms with Crippen molar-refractivity contribution >= 4 is 23.2 Å². The van der Waals surface area contributed by atoms with Crippen molar-refractivity contribution in [3.05, 3.63) is 46.2 Å². The molecule has 2 aromatic rings. The van der Waals surface area contributed by atoms with Crippen LogP contribution in [0.3, 0.4) is 0 Å². The molecule has 0 radical (unpaired) electrons. The third-order valence-corrected chi connectivity index (χ3v) is 5.33. The minimum absolute atomic E-state index is 0.0782. The molecule has 1 saturated heterocycles. The lowest BCUT2D eigenvalue weighted by Crippen LogP contribution is -2.39. The molecule has 2 amide bonds. The minimum atomic E-state index is -0.0782. The Bertz CT molecular complexity index is 724. The van der Waals surface area contributed by atoms with Crippen LogP contribution in [0.25, 0.3) is 0 Å². The highest BCUT2D eigenvalue weighted by Crippen LogP contribution is 2.28. The van der Waals surface area contributed by atoms with Crippen molar-refractivity contribution < 1.29 is 9.59 Å². The van der Waals surface area contributed by atoms with Crippen molar-refractivity contribution in [3.63, 3.8) is 0 Å². The molecule has 132 valence electrons. The van der Waals surface area contributed by atoms with Crippen LogP contribution in [0.2, 0.25) is 0 Å². The van der Waals surface area contributed by atoms with Crippen molar-refractivity contribution in [2.75, 3.05) is 13.1 Å². The van der Waals surface area contributed by atoms with Crippen LogP contribution < -0.4 is 5.32 Å². The molecule has 0 saturated carbocycles. The summed E-state index contributed by atoms with van der Waals surface area (Å²) in [5, 5.41) is 4.79. The lowest BCUT2D eigenvalue weighted by Gasteiger charge is -2.32. The van der Waals surface area contributed by atoms with Gasteiger partial charge in [0.1, 0.15) is 0 Å². The number of thiophene rings is 1. The maximum Gasteiger partial charge on any atom is 0.227 e. The number of amides is 2. The van der Waals surface area contributed by atoms with Gasteiger partial charge in [0.25, 0.3) is 0 Å². The van der Waals surface area contributed by atoms with Crippen molar-refractivity contribution in [1.29, 1.82) is 0 Å². The quantitative estimate of drug-likeness (QED) is 0.888. The van der Waals surface area contributed by atoms with E-state index in [1.807, 2.05) is 22.4 Å². The summed E-state index contributed by atoms with van der Waals surface area (Å²) in [6.45, 7) is 3.37. The molecular formula is C18H22N4O2S. The van der Waals surface area contributed by atoms with E-state index in [2.05, 4.69) is 15.3 Å². The Hall–Kier alpha value is -2.28. The number of rotatable bonds is 5. The predicted octanol–water partition coefficient (Wildman–Crippen LogP) is 2.12. The molecule has 3 heterocycles. The lowest BCUT2D eigenvalue weighted by molar-refractivity contribution is -0.131. The molecule has 7 heteroatoms. The zero-order chi connectivity index (χ0) is 17.6. The van der Waals surface area contributed by atoms with Crippen LogP contribution in [-0.4, -0.2) is 39.8 Å². The van der Waals surface area contributed by atoms with Gasteiger partial charge in [-0.1, -0.05) is 6.07 Å². The molecule has 0 bridgehead atoms. The van der Waals surface area contributed by atoms with Gasteiger partial charge in [0, 0.05) is 43.2 Å². The zero-order valence-corrected chi connectivity index (χ0v) is 15.1. The molecule has 0 unspecified atom stereocenters. The molecule has 1 aliphatic heterocycles. The Balaban J connectivity index is 1.59. The molecule has 0 aliphatic carbocycles. The summed E-state index contributed by atoms with van der Waals surface area (Å²) >= 11 is 1.62. The molecule has 1 aliphatic rings. The van der Waals surface area contributed by atoms with E-state index in [1.54, 1.807) is 23.7 Å². The van der Waals surface area contributed by atoms with Crippen molar-refractivity contribution in [3.8, 4) is 0 Å². The molecule has 6 nitrogen and oxygen atoms in total. The number of nitrogens with one attached hydrogen (secondary N) is 1. The number of carbonyl (C=O) groups is 2. The van der Waals surface area contributed by atoms with Crippen LogP contribution in [-0.2, 0) is 22.6 Å². The van der Waals surface area contributed by atoms with Gasteiger partial charge in [-0.2, -0.15) is 0 Å². The van der Waals surface area contributed by atoms with Gasteiger partial charge in [-0.3, -0.25) is 19.6 Å². The first kappa shape index (κ1) is 17.5. The fraction of sp³-hybridized carbons (Fsp3) is 0.444. The van der Waals surface area contributed by atoms with Crippen LogP contribution in [0.5, 0.6) is 0 Å². The summed E-state index contributed by atoms with van der Waals surface area (Å²) in [7, 11) is 0. The number of nitrogens with zero attached hydrogens (tertiary/aromatic N) is 3. The maximum atomic E-state index is 12.4. The highest BCUT2D eigenvalue weighted by atomic mass is 32.1. The van der Waals surface area contributed by atoms with Crippen LogP contribution in [0.15, 0.2) is 29.9 Å². The first-order chi connectivity index (χ1) is 12.1. The summed E-state index contributed by atoms with van der Waals surface area (Å²) < 4.78 is 0. The molecule has 0 aromatic carbocycles.